The normalized spacial score (nSPS) is 30.4. The lowest BCUT2D eigenvalue weighted by atomic mass is 9.80. The summed E-state index contributed by atoms with van der Waals surface area (Å²) in [4.78, 5) is 2.86. The van der Waals surface area contributed by atoms with E-state index >= 15 is 0 Å². The third kappa shape index (κ3) is 1.04. The van der Waals surface area contributed by atoms with E-state index in [-0.39, 0.29) is 10.3 Å². The van der Waals surface area contributed by atoms with Crippen LogP contribution in [0.25, 0.3) is 0 Å². The average Bonchev–Trinajstić information content (AvgIpc) is 2.67. The first kappa shape index (κ1) is 10.5. The topological polar surface area (TPSA) is 3.24 Å². The summed E-state index contributed by atoms with van der Waals surface area (Å²) in [6.45, 7) is 10.6. The van der Waals surface area contributed by atoms with Crippen molar-refractivity contribution in [2.75, 3.05) is 17.2 Å². The van der Waals surface area contributed by atoms with Crippen LogP contribution in [-0.4, -0.2) is 17.2 Å². The molecule has 1 unspecified atom stereocenters. The van der Waals surface area contributed by atoms with Gasteiger partial charge in [-0.3, -0.25) is 0 Å². The van der Waals surface area contributed by atoms with Gasteiger partial charge in [-0.25, -0.2) is 0 Å². The van der Waals surface area contributed by atoms with Gasteiger partial charge in [0.1, 0.15) is 0 Å². The van der Waals surface area contributed by atoms with Crippen molar-refractivity contribution in [2.45, 2.75) is 38.0 Å². The molecule has 1 atom stereocenters. The molecule has 0 saturated carbocycles. The highest BCUT2D eigenvalue weighted by atomic mass is 32.2. The summed E-state index contributed by atoms with van der Waals surface area (Å²) in [5.41, 5.74) is 4.61. The Morgan fingerprint density at radius 2 is 2.00 bits per heavy atom. The van der Waals surface area contributed by atoms with E-state index in [1.165, 1.54) is 29.1 Å². The molecule has 1 saturated heterocycles. The van der Waals surface area contributed by atoms with Crippen LogP contribution in [0, 0.1) is 6.92 Å². The number of aryl methyl sites for hydroxylation is 1. The molecule has 0 spiro atoms. The lowest BCUT2D eigenvalue weighted by molar-refractivity contribution is 0.417. The fraction of sp³-hybridized carbons (Fsp3) is 0.571. The summed E-state index contributed by atoms with van der Waals surface area (Å²) >= 11 is 2.11. The van der Waals surface area contributed by atoms with E-state index in [2.05, 4.69) is 62.6 Å². The number of nitrogens with zero attached hydrogens (tertiary/aromatic N) is 1. The number of anilines is 1. The van der Waals surface area contributed by atoms with Crippen LogP contribution in [0.2, 0.25) is 0 Å². The van der Waals surface area contributed by atoms with Crippen molar-refractivity contribution in [3.05, 3.63) is 29.3 Å². The van der Waals surface area contributed by atoms with E-state index in [1.807, 2.05) is 0 Å². The molecule has 0 radical (unpaired) electrons. The zero-order valence-electron chi connectivity index (χ0n) is 10.5. The van der Waals surface area contributed by atoms with Gasteiger partial charge >= 0.3 is 0 Å². The largest absolute Gasteiger partial charge is 0.355 e. The van der Waals surface area contributed by atoms with Crippen molar-refractivity contribution in [3.8, 4) is 0 Å². The third-order valence-electron chi connectivity index (χ3n) is 4.49. The highest BCUT2D eigenvalue weighted by Gasteiger charge is 2.56. The van der Waals surface area contributed by atoms with Gasteiger partial charge in [0.15, 0.2) is 0 Å². The van der Waals surface area contributed by atoms with Gasteiger partial charge in [0.2, 0.25) is 0 Å². The summed E-state index contributed by atoms with van der Waals surface area (Å²) in [6, 6.07) is 6.92. The second-order valence-corrected chi connectivity index (χ2v) is 7.12. The van der Waals surface area contributed by atoms with Gasteiger partial charge in [0.25, 0.3) is 0 Å². The molecule has 2 heterocycles. The molecular formula is C14H19NS. The summed E-state index contributed by atoms with van der Waals surface area (Å²) < 4.78 is 0. The minimum absolute atomic E-state index is 0.246. The molecule has 3 rings (SSSR count). The van der Waals surface area contributed by atoms with Gasteiger partial charge in [0.05, 0.1) is 4.87 Å². The standard InChI is InChI=1S/C14H19NS/c1-10-5-6-12-11(9-10)13(2,3)14(4)15(12)7-8-16-14/h5-6,9H,7-8H2,1-4H3. The van der Waals surface area contributed by atoms with Crippen molar-refractivity contribution >= 4 is 17.4 Å². The van der Waals surface area contributed by atoms with Crippen molar-refractivity contribution in [3.63, 3.8) is 0 Å². The summed E-state index contributed by atoms with van der Waals surface area (Å²) in [5.74, 6) is 1.26. The monoisotopic (exact) mass is 233 g/mol. The zero-order valence-corrected chi connectivity index (χ0v) is 11.3. The first-order valence-electron chi connectivity index (χ1n) is 5.99. The SMILES string of the molecule is Cc1ccc2c(c1)C(C)(C)C1(C)SCCN21. The molecule has 16 heavy (non-hydrogen) atoms. The smallest absolute Gasteiger partial charge is 0.0924 e. The Morgan fingerprint density at radius 1 is 1.25 bits per heavy atom. The van der Waals surface area contributed by atoms with Crippen LogP contribution in [0.3, 0.4) is 0 Å². The van der Waals surface area contributed by atoms with Crippen molar-refractivity contribution in [1.29, 1.82) is 0 Å². The van der Waals surface area contributed by atoms with Gasteiger partial charge in [-0.1, -0.05) is 31.5 Å². The summed E-state index contributed by atoms with van der Waals surface area (Å²) in [6.07, 6.45) is 0. The van der Waals surface area contributed by atoms with Crippen LogP contribution in [-0.2, 0) is 5.41 Å². The summed E-state index contributed by atoms with van der Waals surface area (Å²) in [5, 5.41) is 0. The van der Waals surface area contributed by atoms with Crippen molar-refractivity contribution in [2.24, 2.45) is 0 Å². The van der Waals surface area contributed by atoms with Crippen LogP contribution in [0.5, 0.6) is 0 Å². The Morgan fingerprint density at radius 3 is 2.75 bits per heavy atom. The molecule has 0 aromatic heterocycles. The Kier molecular flexibility index (Phi) is 1.96. The minimum Gasteiger partial charge on any atom is -0.355 e. The van der Waals surface area contributed by atoms with Crippen LogP contribution < -0.4 is 4.90 Å². The fourth-order valence-electron chi connectivity index (χ4n) is 3.13. The Bertz CT molecular complexity index is 452. The van der Waals surface area contributed by atoms with E-state index in [4.69, 9.17) is 0 Å². The maximum Gasteiger partial charge on any atom is 0.0924 e. The third-order valence-corrected chi connectivity index (χ3v) is 6.17. The lowest BCUT2D eigenvalue weighted by Gasteiger charge is -2.39. The predicted molar refractivity (Wildman–Crippen MR) is 72.4 cm³/mol. The molecular weight excluding hydrogens is 214 g/mol. The number of thioether (sulfide) groups is 1. The Balaban J connectivity index is 2.26. The molecule has 2 aliphatic rings. The van der Waals surface area contributed by atoms with Crippen molar-refractivity contribution < 1.29 is 0 Å². The quantitative estimate of drug-likeness (QED) is 0.674. The number of benzene rings is 1. The molecule has 1 aromatic rings. The summed E-state index contributed by atoms with van der Waals surface area (Å²) in [7, 11) is 0. The number of hydrogen-bond acceptors (Lipinski definition) is 2. The average molecular weight is 233 g/mol. The molecule has 2 heteroatoms. The van der Waals surface area contributed by atoms with Gasteiger partial charge in [-0.15, -0.1) is 11.8 Å². The first-order valence-corrected chi connectivity index (χ1v) is 6.98. The second kappa shape index (κ2) is 2.98. The van der Waals surface area contributed by atoms with E-state index in [0.29, 0.717) is 0 Å². The van der Waals surface area contributed by atoms with Crippen LogP contribution >= 0.6 is 11.8 Å². The predicted octanol–water partition coefficient (Wildman–Crippen LogP) is 3.56. The Labute approximate surface area is 102 Å². The van der Waals surface area contributed by atoms with E-state index < -0.39 is 0 Å². The van der Waals surface area contributed by atoms with Crippen LogP contribution in [0.15, 0.2) is 18.2 Å². The van der Waals surface area contributed by atoms with Gasteiger partial charge < -0.3 is 4.90 Å². The molecule has 0 bridgehead atoms. The number of hydrogen-bond donors (Lipinski definition) is 0. The van der Waals surface area contributed by atoms with Gasteiger partial charge in [-0.2, -0.15) is 0 Å². The molecule has 86 valence electrons. The van der Waals surface area contributed by atoms with Crippen molar-refractivity contribution in [1.82, 2.24) is 0 Å². The molecule has 1 aromatic carbocycles. The van der Waals surface area contributed by atoms with Gasteiger partial charge in [-0.05, 0) is 25.5 Å². The molecule has 0 N–H and O–H groups in total. The highest BCUT2D eigenvalue weighted by Crippen LogP contribution is 2.59. The zero-order chi connectivity index (χ0) is 11.6. The molecule has 0 aliphatic carbocycles. The maximum atomic E-state index is 2.60. The molecule has 0 amide bonds. The van der Waals surface area contributed by atoms with Crippen LogP contribution in [0.4, 0.5) is 5.69 Å². The fourth-order valence-corrected chi connectivity index (χ4v) is 4.62. The maximum absolute atomic E-state index is 2.60. The van der Waals surface area contributed by atoms with E-state index in [0.717, 1.165) is 0 Å². The molecule has 1 fully saturated rings. The van der Waals surface area contributed by atoms with E-state index in [9.17, 15) is 0 Å². The Hall–Kier alpha value is -0.630. The molecule has 2 aliphatic heterocycles. The number of rotatable bonds is 0. The lowest BCUT2D eigenvalue weighted by Crippen LogP contribution is -2.46. The second-order valence-electron chi connectivity index (χ2n) is 5.63. The highest BCUT2D eigenvalue weighted by molar-refractivity contribution is 8.01. The van der Waals surface area contributed by atoms with Gasteiger partial charge in [0, 0.05) is 23.4 Å². The first-order chi connectivity index (χ1) is 7.47. The number of fused-ring (bicyclic) bond motifs is 3. The molecule has 1 nitrogen and oxygen atoms in total. The minimum atomic E-state index is 0.246. The van der Waals surface area contributed by atoms with E-state index in [1.54, 1.807) is 0 Å². The van der Waals surface area contributed by atoms with Crippen LogP contribution in [0.1, 0.15) is 31.9 Å².